The molecule has 0 saturated carbocycles. The van der Waals surface area contributed by atoms with Crippen molar-refractivity contribution in [3.63, 3.8) is 0 Å². The van der Waals surface area contributed by atoms with Crippen molar-refractivity contribution in [2.75, 3.05) is 13.7 Å². The molecule has 0 bridgehead atoms. The van der Waals surface area contributed by atoms with Crippen LogP contribution in [0.2, 0.25) is 0 Å². The van der Waals surface area contributed by atoms with Gasteiger partial charge < -0.3 is 15.7 Å². The van der Waals surface area contributed by atoms with E-state index in [-0.39, 0.29) is 6.10 Å². The van der Waals surface area contributed by atoms with E-state index >= 15 is 0 Å². The third-order valence-corrected chi connectivity index (χ3v) is 3.48. The van der Waals surface area contributed by atoms with Crippen LogP contribution in [0.15, 0.2) is 5.16 Å². The summed E-state index contributed by atoms with van der Waals surface area (Å²) in [5.41, 5.74) is 5.56. The number of amidine groups is 1. The Balaban J connectivity index is 2.57. The van der Waals surface area contributed by atoms with E-state index in [0.29, 0.717) is 24.3 Å². The molecule has 3 atom stereocenters. The summed E-state index contributed by atoms with van der Waals surface area (Å²) in [6, 6.07) is 0.751. The lowest BCUT2D eigenvalue weighted by atomic mass is 10.0. The number of rotatable bonds is 5. The van der Waals surface area contributed by atoms with Crippen LogP contribution < -0.4 is 5.73 Å². The van der Waals surface area contributed by atoms with Crippen molar-refractivity contribution < 1.29 is 9.94 Å². The highest BCUT2D eigenvalue weighted by Crippen LogP contribution is 2.22. The number of ether oxygens (including phenoxy) is 1. The highest BCUT2D eigenvalue weighted by atomic mass is 16.5. The fraction of sp³-hybridized carbons (Fsp3) is 0.909. The van der Waals surface area contributed by atoms with Gasteiger partial charge in [-0.05, 0) is 26.8 Å². The first-order chi connectivity index (χ1) is 7.60. The van der Waals surface area contributed by atoms with Crippen LogP contribution >= 0.6 is 0 Å². The van der Waals surface area contributed by atoms with Crippen molar-refractivity contribution in [3.05, 3.63) is 0 Å². The van der Waals surface area contributed by atoms with Crippen molar-refractivity contribution >= 4 is 5.84 Å². The maximum Gasteiger partial charge on any atom is 0.140 e. The van der Waals surface area contributed by atoms with E-state index in [1.165, 1.54) is 0 Å². The van der Waals surface area contributed by atoms with Gasteiger partial charge in [0.15, 0.2) is 0 Å². The molecule has 3 unspecified atom stereocenters. The molecule has 94 valence electrons. The lowest BCUT2D eigenvalue weighted by molar-refractivity contribution is 0.0675. The number of hydrogen-bond donors (Lipinski definition) is 2. The molecule has 1 aliphatic rings. The lowest BCUT2D eigenvalue weighted by Crippen LogP contribution is -2.45. The van der Waals surface area contributed by atoms with Gasteiger partial charge in [0.25, 0.3) is 0 Å². The van der Waals surface area contributed by atoms with Crippen molar-refractivity contribution in [1.82, 2.24) is 4.90 Å². The minimum absolute atomic E-state index is 0.270. The maximum atomic E-state index is 8.60. The smallest absolute Gasteiger partial charge is 0.140 e. The summed E-state index contributed by atoms with van der Waals surface area (Å²) in [6.45, 7) is 5.05. The second-order valence-electron chi connectivity index (χ2n) is 4.45. The van der Waals surface area contributed by atoms with Gasteiger partial charge in [0.1, 0.15) is 5.84 Å². The number of nitrogens with two attached hydrogens (primary N) is 1. The molecule has 0 aromatic carbocycles. The third kappa shape index (κ3) is 3.09. The Kier molecular flexibility index (Phi) is 5.02. The van der Waals surface area contributed by atoms with Gasteiger partial charge in [0.2, 0.25) is 0 Å². The molecule has 0 aliphatic carbocycles. The molecule has 0 aromatic heterocycles. The molecule has 1 aliphatic heterocycles. The van der Waals surface area contributed by atoms with Crippen LogP contribution in [0.3, 0.4) is 0 Å². The molecule has 16 heavy (non-hydrogen) atoms. The van der Waals surface area contributed by atoms with E-state index in [4.69, 9.17) is 15.7 Å². The molecule has 1 saturated heterocycles. The molecule has 3 N–H and O–H groups in total. The topological polar surface area (TPSA) is 71.1 Å². The highest BCUT2D eigenvalue weighted by molar-refractivity contribution is 5.80. The van der Waals surface area contributed by atoms with E-state index in [0.717, 1.165) is 19.4 Å². The number of oxime groups is 1. The van der Waals surface area contributed by atoms with Crippen molar-refractivity contribution in [1.29, 1.82) is 0 Å². The Labute approximate surface area is 97.2 Å². The van der Waals surface area contributed by atoms with Gasteiger partial charge in [-0.25, -0.2) is 0 Å². The van der Waals surface area contributed by atoms with E-state index in [1.54, 1.807) is 0 Å². The molecule has 0 radical (unpaired) electrons. The predicted molar refractivity (Wildman–Crippen MR) is 63.7 cm³/mol. The third-order valence-electron chi connectivity index (χ3n) is 3.48. The zero-order valence-electron chi connectivity index (χ0n) is 10.4. The van der Waals surface area contributed by atoms with Gasteiger partial charge in [0, 0.05) is 25.1 Å². The Bertz CT molecular complexity index is 245. The van der Waals surface area contributed by atoms with E-state index < -0.39 is 0 Å². The SMILES string of the molecule is CCC(CC(N)=NO)N(C)C1CCOC1C. The van der Waals surface area contributed by atoms with Crippen LogP contribution in [0.4, 0.5) is 0 Å². The van der Waals surface area contributed by atoms with E-state index in [2.05, 4.69) is 31.0 Å². The molecule has 5 heteroatoms. The average Bonchev–Trinajstić information content (AvgIpc) is 2.71. The van der Waals surface area contributed by atoms with Crippen LogP contribution in [0.25, 0.3) is 0 Å². The summed E-state index contributed by atoms with van der Waals surface area (Å²) in [5.74, 6) is 0.297. The van der Waals surface area contributed by atoms with Crippen LogP contribution in [-0.2, 0) is 4.74 Å². The quantitative estimate of drug-likeness (QED) is 0.319. The van der Waals surface area contributed by atoms with Gasteiger partial charge in [0.05, 0.1) is 6.10 Å². The van der Waals surface area contributed by atoms with Crippen LogP contribution in [-0.4, -0.2) is 47.8 Å². The number of likely N-dealkylation sites (N-methyl/N-ethyl adjacent to an activating group) is 1. The minimum Gasteiger partial charge on any atom is -0.409 e. The van der Waals surface area contributed by atoms with Crippen LogP contribution in [0, 0.1) is 0 Å². The molecule has 0 amide bonds. The molecule has 5 nitrogen and oxygen atoms in total. The Morgan fingerprint density at radius 2 is 2.38 bits per heavy atom. The largest absolute Gasteiger partial charge is 0.409 e. The lowest BCUT2D eigenvalue weighted by Gasteiger charge is -2.33. The zero-order valence-corrected chi connectivity index (χ0v) is 10.4. The van der Waals surface area contributed by atoms with Crippen molar-refractivity contribution in [2.45, 2.75) is 51.3 Å². The van der Waals surface area contributed by atoms with Crippen LogP contribution in [0.1, 0.15) is 33.1 Å². The first-order valence-corrected chi connectivity index (χ1v) is 5.90. The Morgan fingerprint density at radius 1 is 1.69 bits per heavy atom. The van der Waals surface area contributed by atoms with Gasteiger partial charge in [-0.1, -0.05) is 12.1 Å². The monoisotopic (exact) mass is 229 g/mol. The number of hydrogen-bond acceptors (Lipinski definition) is 4. The minimum atomic E-state index is 0.270. The summed E-state index contributed by atoms with van der Waals surface area (Å²) in [7, 11) is 2.09. The first kappa shape index (κ1) is 13.3. The molecule has 0 aromatic rings. The number of nitrogens with zero attached hydrogens (tertiary/aromatic N) is 2. The average molecular weight is 229 g/mol. The van der Waals surface area contributed by atoms with Crippen molar-refractivity contribution in [2.24, 2.45) is 10.9 Å². The predicted octanol–water partition coefficient (Wildman–Crippen LogP) is 1.01. The molecule has 1 heterocycles. The molecule has 0 spiro atoms. The van der Waals surface area contributed by atoms with Gasteiger partial charge in [-0.2, -0.15) is 0 Å². The molecule has 1 rings (SSSR count). The second-order valence-corrected chi connectivity index (χ2v) is 4.45. The van der Waals surface area contributed by atoms with Crippen LogP contribution in [0.5, 0.6) is 0 Å². The maximum absolute atomic E-state index is 8.60. The Morgan fingerprint density at radius 3 is 2.81 bits per heavy atom. The van der Waals surface area contributed by atoms with E-state index in [1.807, 2.05) is 0 Å². The molecular formula is C11H23N3O2. The van der Waals surface area contributed by atoms with E-state index in [9.17, 15) is 0 Å². The van der Waals surface area contributed by atoms with Crippen molar-refractivity contribution in [3.8, 4) is 0 Å². The highest BCUT2D eigenvalue weighted by Gasteiger charge is 2.31. The molecule has 1 fully saturated rings. The van der Waals surface area contributed by atoms with Gasteiger partial charge in [-0.15, -0.1) is 0 Å². The zero-order chi connectivity index (χ0) is 12.1. The fourth-order valence-electron chi connectivity index (χ4n) is 2.38. The summed E-state index contributed by atoms with van der Waals surface area (Å²) < 4.78 is 5.56. The summed E-state index contributed by atoms with van der Waals surface area (Å²) >= 11 is 0. The summed E-state index contributed by atoms with van der Waals surface area (Å²) in [4.78, 5) is 2.30. The first-order valence-electron chi connectivity index (χ1n) is 5.90. The summed E-state index contributed by atoms with van der Waals surface area (Å²) in [6.07, 6.45) is 2.92. The Hall–Kier alpha value is -0.810. The standard InChI is InChI=1S/C11H23N3O2/c1-4-9(7-11(12)13-15)14(3)10-5-6-16-8(10)2/h8-10,15H,4-7H2,1-3H3,(H2,12,13). The van der Waals surface area contributed by atoms with Gasteiger partial charge >= 0.3 is 0 Å². The fourth-order valence-corrected chi connectivity index (χ4v) is 2.38. The van der Waals surface area contributed by atoms with Gasteiger partial charge in [-0.3, -0.25) is 4.90 Å². The second kappa shape index (κ2) is 6.06. The summed E-state index contributed by atoms with van der Waals surface area (Å²) in [5, 5.41) is 11.6. The molecular weight excluding hydrogens is 206 g/mol. The normalized spacial score (nSPS) is 28.6.